The van der Waals surface area contributed by atoms with Gasteiger partial charge in [0.2, 0.25) is 0 Å². The van der Waals surface area contributed by atoms with Crippen LogP contribution in [0.1, 0.15) is 23.4 Å². The molecule has 0 aromatic carbocycles. The van der Waals surface area contributed by atoms with Crippen molar-refractivity contribution in [2.45, 2.75) is 32.0 Å². The van der Waals surface area contributed by atoms with Gasteiger partial charge in [0.25, 0.3) is 0 Å². The zero-order valence-corrected chi connectivity index (χ0v) is 11.0. The Hall–Kier alpha value is -1.39. The predicted molar refractivity (Wildman–Crippen MR) is 72.7 cm³/mol. The molecule has 94 valence electrons. The highest BCUT2D eigenvalue weighted by Crippen LogP contribution is 2.20. The first-order chi connectivity index (χ1) is 8.90. The minimum absolute atomic E-state index is 0.636. The third kappa shape index (κ3) is 3.31. The van der Waals surface area contributed by atoms with Crippen LogP contribution in [0.5, 0.6) is 5.75 Å². The van der Waals surface area contributed by atoms with E-state index in [4.69, 9.17) is 4.74 Å². The van der Waals surface area contributed by atoms with E-state index in [0.717, 1.165) is 18.0 Å². The predicted octanol–water partition coefficient (Wildman–Crippen LogP) is 2.97. The summed E-state index contributed by atoms with van der Waals surface area (Å²) in [5.41, 5.74) is 1.05. The first kappa shape index (κ1) is 11.7. The first-order valence-electron chi connectivity index (χ1n) is 6.23. The van der Waals surface area contributed by atoms with E-state index in [9.17, 15) is 0 Å². The van der Waals surface area contributed by atoms with Gasteiger partial charge in [0.15, 0.2) is 0 Å². The van der Waals surface area contributed by atoms with Crippen molar-refractivity contribution < 1.29 is 4.74 Å². The van der Waals surface area contributed by atoms with E-state index in [2.05, 4.69) is 21.7 Å². The van der Waals surface area contributed by atoms with Crippen molar-refractivity contribution in [3.8, 4) is 5.75 Å². The molecule has 0 amide bonds. The van der Waals surface area contributed by atoms with Crippen molar-refractivity contribution in [2.75, 3.05) is 0 Å². The molecule has 1 fully saturated rings. The first-order valence-corrected chi connectivity index (χ1v) is 7.11. The quantitative estimate of drug-likeness (QED) is 0.867. The number of ether oxygens (including phenoxy) is 1. The Labute approximate surface area is 111 Å². The van der Waals surface area contributed by atoms with E-state index < -0.39 is 0 Å². The summed E-state index contributed by atoms with van der Waals surface area (Å²) in [5, 5.41) is 5.52. The molecule has 0 spiro atoms. The second-order valence-electron chi connectivity index (χ2n) is 4.51. The number of aromatic nitrogens is 1. The fraction of sp³-hybridized carbons (Fsp3) is 0.357. The number of hydrogen-bond acceptors (Lipinski definition) is 4. The van der Waals surface area contributed by atoms with Gasteiger partial charge < -0.3 is 10.1 Å². The van der Waals surface area contributed by atoms with Gasteiger partial charge in [0.1, 0.15) is 12.4 Å². The second-order valence-corrected chi connectivity index (χ2v) is 5.54. The Morgan fingerprint density at radius 3 is 3.11 bits per heavy atom. The van der Waals surface area contributed by atoms with Gasteiger partial charge in [0.05, 0.1) is 5.69 Å². The second kappa shape index (κ2) is 5.50. The third-order valence-electron chi connectivity index (χ3n) is 2.90. The molecule has 0 atom stereocenters. The maximum atomic E-state index is 5.76. The van der Waals surface area contributed by atoms with Crippen LogP contribution in [0.2, 0.25) is 0 Å². The van der Waals surface area contributed by atoms with Gasteiger partial charge in [0, 0.05) is 29.7 Å². The Balaban J connectivity index is 1.55. The highest BCUT2D eigenvalue weighted by Gasteiger charge is 2.20. The largest absolute Gasteiger partial charge is 0.488 e. The van der Waals surface area contributed by atoms with Crippen LogP contribution < -0.4 is 10.1 Å². The molecule has 1 saturated carbocycles. The van der Waals surface area contributed by atoms with Crippen molar-refractivity contribution >= 4 is 11.3 Å². The van der Waals surface area contributed by atoms with Gasteiger partial charge in [-0.3, -0.25) is 4.98 Å². The molecular weight excluding hydrogens is 244 g/mol. The van der Waals surface area contributed by atoms with E-state index in [1.165, 1.54) is 17.7 Å². The molecule has 0 unspecified atom stereocenters. The molecule has 2 aromatic heterocycles. The minimum Gasteiger partial charge on any atom is -0.488 e. The molecule has 1 aliphatic carbocycles. The maximum absolute atomic E-state index is 5.76. The highest BCUT2D eigenvalue weighted by molar-refractivity contribution is 7.09. The van der Waals surface area contributed by atoms with Crippen LogP contribution >= 0.6 is 11.3 Å². The summed E-state index contributed by atoms with van der Waals surface area (Å²) in [4.78, 5) is 5.58. The fourth-order valence-electron chi connectivity index (χ4n) is 1.73. The maximum Gasteiger partial charge on any atom is 0.123 e. The van der Waals surface area contributed by atoms with Crippen molar-refractivity contribution in [3.05, 3.63) is 46.4 Å². The molecule has 2 heterocycles. The molecular formula is C14H16N2OS. The van der Waals surface area contributed by atoms with Crippen LogP contribution in [-0.2, 0) is 13.2 Å². The Morgan fingerprint density at radius 1 is 1.39 bits per heavy atom. The standard InChI is InChI=1S/C14H16N2OS/c1-2-14(18-7-1)10-17-13-5-6-15-12(8-13)9-16-11-3-4-11/h1-2,5-8,11,16H,3-4,9-10H2. The average molecular weight is 260 g/mol. The molecule has 18 heavy (non-hydrogen) atoms. The van der Waals surface area contributed by atoms with Crippen molar-refractivity contribution in [3.63, 3.8) is 0 Å². The number of hydrogen-bond donors (Lipinski definition) is 1. The summed E-state index contributed by atoms with van der Waals surface area (Å²) < 4.78 is 5.76. The number of nitrogens with zero attached hydrogens (tertiary/aromatic N) is 1. The van der Waals surface area contributed by atoms with Gasteiger partial charge in [-0.15, -0.1) is 11.3 Å². The topological polar surface area (TPSA) is 34.1 Å². The van der Waals surface area contributed by atoms with Crippen LogP contribution in [0.25, 0.3) is 0 Å². The molecule has 1 aliphatic rings. The lowest BCUT2D eigenvalue weighted by atomic mass is 10.3. The Kier molecular flexibility index (Phi) is 3.57. The smallest absolute Gasteiger partial charge is 0.123 e. The monoisotopic (exact) mass is 260 g/mol. The molecule has 0 saturated heterocycles. The van der Waals surface area contributed by atoms with Gasteiger partial charge in [-0.05, 0) is 30.4 Å². The molecule has 0 aliphatic heterocycles. The summed E-state index contributed by atoms with van der Waals surface area (Å²) in [6.45, 7) is 1.47. The zero-order valence-electron chi connectivity index (χ0n) is 10.1. The number of pyridine rings is 1. The summed E-state index contributed by atoms with van der Waals surface area (Å²) in [7, 11) is 0. The lowest BCUT2D eigenvalue weighted by molar-refractivity contribution is 0.309. The van der Waals surface area contributed by atoms with Gasteiger partial charge >= 0.3 is 0 Å². The lowest BCUT2D eigenvalue weighted by Crippen LogP contribution is -2.16. The summed E-state index contributed by atoms with van der Waals surface area (Å²) in [5.74, 6) is 0.894. The van der Waals surface area contributed by atoms with Crippen LogP contribution in [0.4, 0.5) is 0 Å². The SMILES string of the molecule is c1csc(COc2ccnc(CNC3CC3)c2)c1. The van der Waals surface area contributed by atoms with Gasteiger partial charge in [-0.2, -0.15) is 0 Å². The van der Waals surface area contributed by atoms with Crippen LogP contribution in [0, 0.1) is 0 Å². The molecule has 3 rings (SSSR count). The van der Waals surface area contributed by atoms with Crippen molar-refractivity contribution in [1.82, 2.24) is 10.3 Å². The van der Waals surface area contributed by atoms with E-state index >= 15 is 0 Å². The Morgan fingerprint density at radius 2 is 2.33 bits per heavy atom. The van der Waals surface area contributed by atoms with Crippen LogP contribution in [0.15, 0.2) is 35.8 Å². The zero-order chi connectivity index (χ0) is 12.2. The van der Waals surface area contributed by atoms with Crippen LogP contribution in [-0.4, -0.2) is 11.0 Å². The van der Waals surface area contributed by atoms with Crippen molar-refractivity contribution in [2.24, 2.45) is 0 Å². The molecule has 2 aromatic rings. The van der Waals surface area contributed by atoms with E-state index in [1.54, 1.807) is 11.3 Å². The average Bonchev–Trinajstić information content (AvgIpc) is 3.09. The normalized spacial score (nSPS) is 14.7. The van der Waals surface area contributed by atoms with E-state index in [1.807, 2.05) is 24.4 Å². The highest BCUT2D eigenvalue weighted by atomic mass is 32.1. The third-order valence-corrected chi connectivity index (χ3v) is 3.75. The summed E-state index contributed by atoms with van der Waals surface area (Å²) in [6.07, 6.45) is 4.41. The number of rotatable bonds is 6. The van der Waals surface area contributed by atoms with Crippen molar-refractivity contribution in [1.29, 1.82) is 0 Å². The molecule has 1 N–H and O–H groups in total. The van der Waals surface area contributed by atoms with Gasteiger partial charge in [-0.25, -0.2) is 0 Å². The van der Waals surface area contributed by atoms with Gasteiger partial charge in [-0.1, -0.05) is 6.07 Å². The minimum atomic E-state index is 0.636. The molecule has 0 radical (unpaired) electrons. The molecule has 0 bridgehead atoms. The molecule has 3 nitrogen and oxygen atoms in total. The van der Waals surface area contributed by atoms with Crippen LogP contribution in [0.3, 0.4) is 0 Å². The summed E-state index contributed by atoms with van der Waals surface area (Å²) in [6, 6.07) is 8.77. The lowest BCUT2D eigenvalue weighted by Gasteiger charge is -2.07. The summed E-state index contributed by atoms with van der Waals surface area (Å²) >= 11 is 1.72. The number of thiophene rings is 1. The van der Waals surface area contributed by atoms with E-state index in [-0.39, 0.29) is 0 Å². The fourth-order valence-corrected chi connectivity index (χ4v) is 2.34. The Bertz CT molecular complexity index is 494. The molecule has 4 heteroatoms. The van der Waals surface area contributed by atoms with E-state index in [0.29, 0.717) is 12.6 Å². The number of nitrogens with one attached hydrogen (secondary N) is 1.